The number of amides is 1. The molecule has 1 aromatic heterocycles. The van der Waals surface area contributed by atoms with Crippen LogP contribution in [-0.4, -0.2) is 52.7 Å². The van der Waals surface area contributed by atoms with Crippen LogP contribution in [0.2, 0.25) is 0 Å². The van der Waals surface area contributed by atoms with E-state index in [0.717, 1.165) is 37.3 Å². The van der Waals surface area contributed by atoms with Crippen molar-refractivity contribution in [2.24, 2.45) is 5.92 Å². The van der Waals surface area contributed by atoms with Crippen LogP contribution < -0.4 is 0 Å². The summed E-state index contributed by atoms with van der Waals surface area (Å²) in [6.45, 7) is 5.31. The fraction of sp³-hybridized carbons (Fsp3) is 0.474. The maximum atomic E-state index is 13.0. The third-order valence-electron chi connectivity index (χ3n) is 4.59. The number of nitrogens with zero attached hydrogens (tertiary/aromatic N) is 4. The standard InChI is InChI=1S/C19H26N4O/c1-4-15-5-7-17(8-6-15)19(24)22-12-16(11-21(2)3)13-23-18(14-22)9-10-20-23/h5-10,16H,4,11-14H2,1-3H3. The van der Waals surface area contributed by atoms with Gasteiger partial charge in [-0.15, -0.1) is 0 Å². The van der Waals surface area contributed by atoms with Crippen molar-refractivity contribution in [1.29, 1.82) is 0 Å². The van der Waals surface area contributed by atoms with Gasteiger partial charge in [-0.05, 0) is 44.3 Å². The summed E-state index contributed by atoms with van der Waals surface area (Å²) in [5.41, 5.74) is 3.13. The molecule has 5 nitrogen and oxygen atoms in total. The fourth-order valence-electron chi connectivity index (χ4n) is 3.39. The zero-order chi connectivity index (χ0) is 17.1. The number of aryl methyl sites for hydroxylation is 1. The molecular formula is C19H26N4O. The third-order valence-corrected chi connectivity index (χ3v) is 4.59. The second-order valence-corrected chi connectivity index (χ2v) is 6.87. The second-order valence-electron chi connectivity index (χ2n) is 6.87. The molecule has 5 heteroatoms. The molecule has 3 rings (SSSR count). The van der Waals surface area contributed by atoms with E-state index in [1.54, 1.807) is 0 Å². The molecule has 128 valence electrons. The van der Waals surface area contributed by atoms with E-state index in [9.17, 15) is 4.79 Å². The number of hydrogen-bond donors (Lipinski definition) is 0. The van der Waals surface area contributed by atoms with Crippen LogP contribution in [-0.2, 0) is 19.5 Å². The van der Waals surface area contributed by atoms with Gasteiger partial charge in [-0.3, -0.25) is 9.48 Å². The Morgan fingerprint density at radius 3 is 2.62 bits per heavy atom. The van der Waals surface area contributed by atoms with Crippen LogP contribution in [0, 0.1) is 5.92 Å². The molecule has 0 radical (unpaired) electrons. The Balaban J connectivity index is 1.83. The summed E-state index contributed by atoms with van der Waals surface area (Å²) in [5, 5.41) is 4.42. The number of benzene rings is 1. The topological polar surface area (TPSA) is 41.4 Å². The van der Waals surface area contributed by atoms with Gasteiger partial charge >= 0.3 is 0 Å². The molecule has 0 spiro atoms. The van der Waals surface area contributed by atoms with E-state index in [4.69, 9.17) is 0 Å². The molecule has 0 aliphatic carbocycles. The van der Waals surface area contributed by atoms with Crippen LogP contribution in [0.15, 0.2) is 36.5 Å². The predicted molar refractivity (Wildman–Crippen MR) is 94.8 cm³/mol. The van der Waals surface area contributed by atoms with Gasteiger partial charge in [0, 0.05) is 37.3 Å². The average Bonchev–Trinajstić information content (AvgIpc) is 2.92. The molecule has 1 amide bonds. The number of carbonyl (C=O) groups excluding carboxylic acids is 1. The highest BCUT2D eigenvalue weighted by Crippen LogP contribution is 2.19. The lowest BCUT2D eigenvalue weighted by molar-refractivity contribution is 0.0711. The van der Waals surface area contributed by atoms with Gasteiger partial charge in [0.1, 0.15) is 0 Å². The Morgan fingerprint density at radius 1 is 1.21 bits per heavy atom. The van der Waals surface area contributed by atoms with Gasteiger partial charge in [0.15, 0.2) is 0 Å². The Morgan fingerprint density at radius 2 is 1.96 bits per heavy atom. The monoisotopic (exact) mass is 326 g/mol. The summed E-state index contributed by atoms with van der Waals surface area (Å²) in [6.07, 6.45) is 2.81. The first-order valence-electron chi connectivity index (χ1n) is 8.60. The molecular weight excluding hydrogens is 300 g/mol. The van der Waals surface area contributed by atoms with Crippen LogP contribution >= 0.6 is 0 Å². The number of fused-ring (bicyclic) bond motifs is 1. The maximum Gasteiger partial charge on any atom is 0.254 e. The summed E-state index contributed by atoms with van der Waals surface area (Å²) < 4.78 is 2.04. The highest BCUT2D eigenvalue weighted by atomic mass is 16.2. The van der Waals surface area contributed by atoms with Gasteiger partial charge in [-0.1, -0.05) is 19.1 Å². The smallest absolute Gasteiger partial charge is 0.254 e. The Kier molecular flexibility index (Phi) is 5.00. The zero-order valence-corrected chi connectivity index (χ0v) is 14.8. The molecule has 1 aliphatic rings. The Labute approximate surface area is 143 Å². The normalized spacial score (nSPS) is 17.7. The lowest BCUT2D eigenvalue weighted by Gasteiger charge is -2.26. The van der Waals surface area contributed by atoms with Crippen molar-refractivity contribution in [3.05, 3.63) is 53.3 Å². The average molecular weight is 326 g/mol. The SMILES string of the molecule is CCc1ccc(C(=O)N2Cc3ccnn3CC(CN(C)C)C2)cc1. The van der Waals surface area contributed by atoms with Crippen molar-refractivity contribution in [3.63, 3.8) is 0 Å². The molecule has 1 aromatic carbocycles. The summed E-state index contributed by atoms with van der Waals surface area (Å²) in [4.78, 5) is 17.1. The summed E-state index contributed by atoms with van der Waals surface area (Å²) in [6, 6.07) is 10.0. The first-order valence-corrected chi connectivity index (χ1v) is 8.60. The van der Waals surface area contributed by atoms with Crippen molar-refractivity contribution >= 4 is 5.91 Å². The highest BCUT2D eigenvalue weighted by molar-refractivity contribution is 5.94. The van der Waals surface area contributed by atoms with Gasteiger partial charge in [0.05, 0.1) is 12.2 Å². The molecule has 1 atom stereocenters. The molecule has 2 heterocycles. The van der Waals surface area contributed by atoms with Gasteiger partial charge in [-0.2, -0.15) is 5.10 Å². The highest BCUT2D eigenvalue weighted by Gasteiger charge is 2.26. The quantitative estimate of drug-likeness (QED) is 0.865. The minimum Gasteiger partial charge on any atom is -0.332 e. The third kappa shape index (κ3) is 3.67. The molecule has 0 N–H and O–H groups in total. The maximum absolute atomic E-state index is 13.0. The molecule has 1 unspecified atom stereocenters. The van der Waals surface area contributed by atoms with E-state index in [-0.39, 0.29) is 5.91 Å². The summed E-state index contributed by atoms with van der Waals surface area (Å²) in [7, 11) is 4.15. The Hall–Kier alpha value is -2.14. The van der Waals surface area contributed by atoms with Crippen molar-refractivity contribution in [2.45, 2.75) is 26.4 Å². The van der Waals surface area contributed by atoms with Gasteiger partial charge < -0.3 is 9.80 Å². The van der Waals surface area contributed by atoms with E-state index in [1.165, 1.54) is 5.56 Å². The first-order chi connectivity index (χ1) is 11.6. The summed E-state index contributed by atoms with van der Waals surface area (Å²) in [5.74, 6) is 0.482. The van der Waals surface area contributed by atoms with Crippen LogP contribution in [0.3, 0.4) is 0 Å². The van der Waals surface area contributed by atoms with E-state index in [2.05, 4.69) is 31.0 Å². The van der Waals surface area contributed by atoms with Crippen molar-refractivity contribution in [1.82, 2.24) is 19.6 Å². The van der Waals surface area contributed by atoms with Crippen molar-refractivity contribution in [2.75, 3.05) is 27.2 Å². The van der Waals surface area contributed by atoms with Crippen molar-refractivity contribution in [3.8, 4) is 0 Å². The van der Waals surface area contributed by atoms with Crippen LogP contribution in [0.5, 0.6) is 0 Å². The van der Waals surface area contributed by atoms with Gasteiger partial charge in [-0.25, -0.2) is 0 Å². The van der Waals surface area contributed by atoms with E-state index < -0.39 is 0 Å². The number of aromatic nitrogens is 2. The molecule has 1 aliphatic heterocycles. The number of hydrogen-bond acceptors (Lipinski definition) is 3. The minimum absolute atomic E-state index is 0.107. The van der Waals surface area contributed by atoms with E-state index >= 15 is 0 Å². The van der Waals surface area contributed by atoms with Crippen LogP contribution in [0.1, 0.15) is 28.5 Å². The second kappa shape index (κ2) is 7.18. The molecule has 0 bridgehead atoms. The number of carbonyl (C=O) groups is 1. The lowest BCUT2D eigenvalue weighted by atomic mass is 10.1. The minimum atomic E-state index is 0.107. The fourth-order valence-corrected chi connectivity index (χ4v) is 3.39. The largest absolute Gasteiger partial charge is 0.332 e. The Bertz CT molecular complexity index is 690. The van der Waals surface area contributed by atoms with Gasteiger partial charge in [0.25, 0.3) is 5.91 Å². The van der Waals surface area contributed by atoms with Crippen molar-refractivity contribution < 1.29 is 4.79 Å². The predicted octanol–water partition coefficient (Wildman–Crippen LogP) is 2.28. The van der Waals surface area contributed by atoms with Crippen LogP contribution in [0.25, 0.3) is 0 Å². The van der Waals surface area contributed by atoms with Gasteiger partial charge in [0.2, 0.25) is 0 Å². The lowest BCUT2D eigenvalue weighted by Crippen LogP contribution is -2.37. The van der Waals surface area contributed by atoms with E-state index in [0.29, 0.717) is 12.5 Å². The number of rotatable bonds is 4. The summed E-state index contributed by atoms with van der Waals surface area (Å²) >= 11 is 0. The zero-order valence-electron chi connectivity index (χ0n) is 14.8. The molecule has 0 saturated heterocycles. The van der Waals surface area contributed by atoms with Crippen LogP contribution in [0.4, 0.5) is 0 Å². The molecule has 0 saturated carbocycles. The molecule has 2 aromatic rings. The molecule has 0 fully saturated rings. The first kappa shape index (κ1) is 16.7. The molecule has 24 heavy (non-hydrogen) atoms. The van der Waals surface area contributed by atoms with E-state index in [1.807, 2.05) is 46.1 Å².